The molecule has 1 saturated carbocycles. The van der Waals surface area contributed by atoms with Crippen molar-refractivity contribution in [3.05, 3.63) is 0 Å². The number of nitrogens with zero attached hydrogens (tertiary/aromatic N) is 1. The molecule has 4 nitrogen and oxygen atoms in total. The first kappa shape index (κ1) is 12.7. The minimum absolute atomic E-state index is 0.0401. The summed E-state index contributed by atoms with van der Waals surface area (Å²) in [6.07, 6.45) is 5.88. The van der Waals surface area contributed by atoms with Crippen LogP contribution < -0.4 is 10.6 Å². The molecular weight excluding hydrogens is 214 g/mol. The number of piperidine rings is 1. The van der Waals surface area contributed by atoms with Crippen molar-refractivity contribution in [1.29, 1.82) is 0 Å². The van der Waals surface area contributed by atoms with Crippen molar-refractivity contribution in [1.82, 2.24) is 15.5 Å². The molecule has 2 fully saturated rings. The van der Waals surface area contributed by atoms with Crippen molar-refractivity contribution in [2.75, 3.05) is 20.1 Å². The Morgan fingerprint density at radius 1 is 1.18 bits per heavy atom. The molecule has 2 unspecified atom stereocenters. The number of nitrogens with one attached hydrogen (secondary N) is 2. The Hall–Kier alpha value is -0.770. The fraction of sp³-hybridized carbons (Fsp3) is 0.923. The maximum atomic E-state index is 11.9. The van der Waals surface area contributed by atoms with Crippen LogP contribution in [-0.2, 0) is 0 Å². The molecule has 1 aliphatic heterocycles. The first-order valence-electron chi connectivity index (χ1n) is 6.90. The highest BCUT2D eigenvalue weighted by Crippen LogP contribution is 2.18. The molecule has 2 atom stereocenters. The standard InChI is InChI=1S/C13H25N3O/c1-10-9-16(2)8-7-12(10)15-13(17)14-11-5-3-4-6-11/h10-12H,3-9H2,1-2H3,(H2,14,15,17). The number of hydrogen-bond acceptors (Lipinski definition) is 2. The van der Waals surface area contributed by atoms with Gasteiger partial charge in [-0.3, -0.25) is 0 Å². The third-order valence-corrected chi connectivity index (χ3v) is 4.12. The predicted molar refractivity (Wildman–Crippen MR) is 69.0 cm³/mol. The van der Waals surface area contributed by atoms with Crippen LogP contribution in [0.25, 0.3) is 0 Å². The van der Waals surface area contributed by atoms with Crippen LogP contribution in [0.15, 0.2) is 0 Å². The van der Waals surface area contributed by atoms with Crippen LogP contribution in [0.1, 0.15) is 39.0 Å². The third kappa shape index (κ3) is 3.60. The van der Waals surface area contributed by atoms with Gasteiger partial charge >= 0.3 is 6.03 Å². The van der Waals surface area contributed by atoms with Crippen molar-refractivity contribution in [2.45, 2.75) is 51.1 Å². The zero-order valence-electron chi connectivity index (χ0n) is 11.0. The van der Waals surface area contributed by atoms with E-state index >= 15 is 0 Å². The van der Waals surface area contributed by atoms with E-state index in [-0.39, 0.29) is 6.03 Å². The summed E-state index contributed by atoms with van der Waals surface area (Å²) in [6, 6.07) is 0.794. The molecule has 98 valence electrons. The number of rotatable bonds is 2. The Morgan fingerprint density at radius 2 is 1.88 bits per heavy atom. The number of carbonyl (C=O) groups is 1. The summed E-state index contributed by atoms with van der Waals surface area (Å²) in [6.45, 7) is 4.38. The molecule has 17 heavy (non-hydrogen) atoms. The second-order valence-corrected chi connectivity index (χ2v) is 5.73. The van der Waals surface area contributed by atoms with Gasteiger partial charge in [-0.05, 0) is 38.8 Å². The fourth-order valence-corrected chi connectivity index (χ4v) is 3.03. The van der Waals surface area contributed by atoms with Gasteiger partial charge in [0.05, 0.1) is 0 Å². The lowest BCUT2D eigenvalue weighted by Gasteiger charge is -2.35. The molecule has 2 amide bonds. The highest BCUT2D eigenvalue weighted by atomic mass is 16.2. The maximum absolute atomic E-state index is 11.9. The monoisotopic (exact) mass is 239 g/mol. The minimum atomic E-state index is 0.0401. The Balaban J connectivity index is 1.73. The van der Waals surface area contributed by atoms with Gasteiger partial charge in [0.25, 0.3) is 0 Å². The lowest BCUT2D eigenvalue weighted by atomic mass is 9.94. The van der Waals surface area contributed by atoms with Crippen LogP contribution in [0.4, 0.5) is 4.79 Å². The van der Waals surface area contributed by atoms with E-state index < -0.39 is 0 Å². The average molecular weight is 239 g/mol. The highest BCUT2D eigenvalue weighted by molar-refractivity contribution is 5.74. The van der Waals surface area contributed by atoms with Crippen molar-refractivity contribution in [3.8, 4) is 0 Å². The van der Waals surface area contributed by atoms with Crippen LogP contribution in [0.3, 0.4) is 0 Å². The molecule has 2 N–H and O–H groups in total. The highest BCUT2D eigenvalue weighted by Gasteiger charge is 2.26. The van der Waals surface area contributed by atoms with E-state index in [1.807, 2.05) is 0 Å². The molecule has 4 heteroatoms. The van der Waals surface area contributed by atoms with E-state index in [0.717, 1.165) is 32.4 Å². The van der Waals surface area contributed by atoms with Crippen LogP contribution in [0.2, 0.25) is 0 Å². The normalized spacial score (nSPS) is 31.4. The molecule has 0 radical (unpaired) electrons. The molecule has 0 aromatic carbocycles. The Kier molecular flexibility index (Phi) is 4.26. The van der Waals surface area contributed by atoms with Gasteiger partial charge in [0, 0.05) is 18.6 Å². The number of hydrogen-bond donors (Lipinski definition) is 2. The van der Waals surface area contributed by atoms with E-state index in [0.29, 0.717) is 18.0 Å². The van der Waals surface area contributed by atoms with E-state index in [1.165, 1.54) is 12.8 Å². The quantitative estimate of drug-likeness (QED) is 0.768. The van der Waals surface area contributed by atoms with Gasteiger partial charge in [-0.15, -0.1) is 0 Å². The van der Waals surface area contributed by atoms with Gasteiger partial charge < -0.3 is 15.5 Å². The molecule has 2 rings (SSSR count). The molecular formula is C13H25N3O. The summed E-state index contributed by atoms with van der Waals surface area (Å²) in [5.41, 5.74) is 0. The molecule has 0 aromatic rings. The number of likely N-dealkylation sites (tertiary alicyclic amines) is 1. The maximum Gasteiger partial charge on any atom is 0.315 e. The molecule has 1 aliphatic carbocycles. The summed E-state index contributed by atoms with van der Waals surface area (Å²) < 4.78 is 0. The molecule has 0 spiro atoms. The van der Waals surface area contributed by atoms with Crippen LogP contribution >= 0.6 is 0 Å². The molecule has 1 saturated heterocycles. The van der Waals surface area contributed by atoms with Gasteiger partial charge in [0.1, 0.15) is 0 Å². The SMILES string of the molecule is CC1CN(C)CCC1NC(=O)NC1CCCC1. The van der Waals surface area contributed by atoms with Crippen molar-refractivity contribution in [3.63, 3.8) is 0 Å². The number of urea groups is 1. The van der Waals surface area contributed by atoms with E-state index in [2.05, 4.69) is 29.5 Å². The predicted octanol–water partition coefficient (Wildman–Crippen LogP) is 1.57. The van der Waals surface area contributed by atoms with Crippen molar-refractivity contribution < 1.29 is 4.79 Å². The van der Waals surface area contributed by atoms with Crippen LogP contribution in [0, 0.1) is 5.92 Å². The van der Waals surface area contributed by atoms with Crippen LogP contribution in [-0.4, -0.2) is 43.2 Å². The first-order valence-corrected chi connectivity index (χ1v) is 6.90. The molecule has 2 aliphatic rings. The Morgan fingerprint density at radius 3 is 2.53 bits per heavy atom. The van der Waals surface area contributed by atoms with Crippen molar-refractivity contribution >= 4 is 6.03 Å². The Bertz CT molecular complexity index is 263. The lowest BCUT2D eigenvalue weighted by molar-refractivity contribution is 0.171. The average Bonchev–Trinajstić information content (AvgIpc) is 2.75. The smallest absolute Gasteiger partial charge is 0.315 e. The minimum Gasteiger partial charge on any atom is -0.335 e. The zero-order chi connectivity index (χ0) is 12.3. The Labute approximate surface area is 104 Å². The van der Waals surface area contributed by atoms with Gasteiger partial charge in [-0.1, -0.05) is 19.8 Å². The van der Waals surface area contributed by atoms with Gasteiger partial charge in [0.15, 0.2) is 0 Å². The second kappa shape index (κ2) is 5.71. The fourth-order valence-electron chi connectivity index (χ4n) is 3.03. The van der Waals surface area contributed by atoms with E-state index in [9.17, 15) is 4.79 Å². The third-order valence-electron chi connectivity index (χ3n) is 4.12. The largest absolute Gasteiger partial charge is 0.335 e. The summed E-state index contributed by atoms with van der Waals surface area (Å²) in [4.78, 5) is 14.2. The van der Waals surface area contributed by atoms with Gasteiger partial charge in [-0.25, -0.2) is 4.79 Å². The molecule has 0 aromatic heterocycles. The summed E-state index contributed by atoms with van der Waals surface area (Å²) in [5, 5.41) is 6.23. The second-order valence-electron chi connectivity index (χ2n) is 5.73. The summed E-state index contributed by atoms with van der Waals surface area (Å²) in [5.74, 6) is 0.545. The number of amides is 2. The molecule has 1 heterocycles. The number of carbonyl (C=O) groups excluding carboxylic acids is 1. The van der Waals surface area contributed by atoms with Gasteiger partial charge in [-0.2, -0.15) is 0 Å². The van der Waals surface area contributed by atoms with E-state index in [1.54, 1.807) is 0 Å². The molecule has 0 bridgehead atoms. The van der Waals surface area contributed by atoms with Crippen LogP contribution in [0.5, 0.6) is 0 Å². The van der Waals surface area contributed by atoms with Crippen molar-refractivity contribution in [2.24, 2.45) is 5.92 Å². The lowest BCUT2D eigenvalue weighted by Crippen LogP contribution is -2.52. The first-order chi connectivity index (χ1) is 8.15. The zero-order valence-corrected chi connectivity index (χ0v) is 11.0. The van der Waals surface area contributed by atoms with E-state index in [4.69, 9.17) is 0 Å². The summed E-state index contributed by atoms with van der Waals surface area (Å²) >= 11 is 0. The summed E-state index contributed by atoms with van der Waals surface area (Å²) in [7, 11) is 2.14. The van der Waals surface area contributed by atoms with Gasteiger partial charge in [0.2, 0.25) is 0 Å². The topological polar surface area (TPSA) is 44.4 Å².